The fraction of sp³-hybridized carbons (Fsp3) is 0.667. The van der Waals surface area contributed by atoms with Crippen LogP contribution in [-0.4, -0.2) is 21.3 Å². The monoisotopic (exact) mass is 239 g/mol. The Morgan fingerprint density at radius 2 is 2.06 bits per heavy atom. The summed E-state index contributed by atoms with van der Waals surface area (Å²) < 4.78 is 0.182. The topological polar surface area (TPSA) is 37.8 Å². The van der Waals surface area contributed by atoms with Crippen LogP contribution in [0.3, 0.4) is 0 Å². The molecule has 0 unspecified atom stereocenters. The molecule has 3 nitrogen and oxygen atoms in total. The Morgan fingerprint density at radius 3 is 2.62 bits per heavy atom. The molecule has 0 radical (unpaired) electrons. The molecule has 4 heteroatoms. The molecule has 0 spiro atoms. The number of rotatable bonds is 4. The van der Waals surface area contributed by atoms with Gasteiger partial charge in [-0.3, -0.25) is 0 Å². The van der Waals surface area contributed by atoms with E-state index in [9.17, 15) is 0 Å². The largest absolute Gasteiger partial charge is 0.354 e. The lowest BCUT2D eigenvalue weighted by molar-refractivity contribution is 0.796. The fourth-order valence-corrected chi connectivity index (χ4v) is 2.07. The van der Waals surface area contributed by atoms with Crippen LogP contribution in [0.15, 0.2) is 11.2 Å². The Kier molecular flexibility index (Phi) is 4.59. The lowest BCUT2D eigenvalue weighted by Crippen LogP contribution is -2.10. The van der Waals surface area contributed by atoms with E-state index in [1.165, 1.54) is 0 Å². The maximum absolute atomic E-state index is 4.54. The molecule has 90 valence electrons. The first kappa shape index (κ1) is 13.3. The third-order valence-corrected chi connectivity index (χ3v) is 3.08. The summed E-state index contributed by atoms with van der Waals surface area (Å²) in [7, 11) is 0. The van der Waals surface area contributed by atoms with E-state index in [1.807, 2.05) is 6.20 Å². The van der Waals surface area contributed by atoms with Crippen molar-refractivity contribution in [1.29, 1.82) is 0 Å². The van der Waals surface area contributed by atoms with Gasteiger partial charge < -0.3 is 5.32 Å². The number of hydrogen-bond acceptors (Lipinski definition) is 4. The third-order valence-electron chi connectivity index (χ3n) is 1.86. The van der Waals surface area contributed by atoms with Gasteiger partial charge >= 0.3 is 0 Å². The standard InChI is InChI=1S/C12H21N3S/c1-6-7-13-11-14-8-9(2)10(15-11)16-12(3,4)5/h8H,6-7H2,1-5H3,(H,13,14,15). The molecule has 0 atom stereocenters. The molecule has 0 aromatic carbocycles. The molecule has 1 N–H and O–H groups in total. The Morgan fingerprint density at radius 1 is 1.38 bits per heavy atom. The van der Waals surface area contributed by atoms with Crippen LogP contribution in [0.5, 0.6) is 0 Å². The van der Waals surface area contributed by atoms with Crippen molar-refractivity contribution in [2.45, 2.75) is 50.8 Å². The maximum Gasteiger partial charge on any atom is 0.223 e. The number of aromatic nitrogens is 2. The van der Waals surface area contributed by atoms with Crippen LogP contribution in [0.2, 0.25) is 0 Å². The predicted octanol–water partition coefficient (Wildman–Crippen LogP) is 3.50. The first-order valence-electron chi connectivity index (χ1n) is 5.69. The van der Waals surface area contributed by atoms with Crippen molar-refractivity contribution in [3.63, 3.8) is 0 Å². The van der Waals surface area contributed by atoms with Crippen molar-refractivity contribution in [3.05, 3.63) is 11.8 Å². The van der Waals surface area contributed by atoms with Crippen molar-refractivity contribution >= 4 is 17.7 Å². The molecule has 0 bridgehead atoms. The van der Waals surface area contributed by atoms with Crippen molar-refractivity contribution in [3.8, 4) is 0 Å². The van der Waals surface area contributed by atoms with Crippen LogP contribution in [0.4, 0.5) is 5.95 Å². The van der Waals surface area contributed by atoms with E-state index in [1.54, 1.807) is 11.8 Å². The molecule has 1 aromatic heterocycles. The van der Waals surface area contributed by atoms with E-state index in [4.69, 9.17) is 0 Å². The molecular weight excluding hydrogens is 218 g/mol. The summed E-state index contributed by atoms with van der Waals surface area (Å²) in [6.45, 7) is 11.7. The Balaban J connectivity index is 2.82. The van der Waals surface area contributed by atoms with Gasteiger partial charge in [-0.15, -0.1) is 11.8 Å². The average molecular weight is 239 g/mol. The number of anilines is 1. The molecule has 0 amide bonds. The molecule has 0 aliphatic carbocycles. The van der Waals surface area contributed by atoms with E-state index < -0.39 is 0 Å². The highest BCUT2D eigenvalue weighted by Gasteiger charge is 2.15. The molecule has 0 aliphatic rings. The summed E-state index contributed by atoms with van der Waals surface area (Å²) in [5.41, 5.74) is 1.14. The van der Waals surface area contributed by atoms with Gasteiger partial charge in [-0.1, -0.05) is 27.7 Å². The van der Waals surface area contributed by atoms with Gasteiger partial charge in [0.1, 0.15) is 5.03 Å². The zero-order valence-corrected chi connectivity index (χ0v) is 11.6. The van der Waals surface area contributed by atoms with Gasteiger partial charge in [0.2, 0.25) is 5.95 Å². The van der Waals surface area contributed by atoms with E-state index in [-0.39, 0.29) is 4.75 Å². The van der Waals surface area contributed by atoms with Crippen molar-refractivity contribution in [2.75, 3.05) is 11.9 Å². The van der Waals surface area contributed by atoms with E-state index in [0.29, 0.717) is 0 Å². The highest BCUT2D eigenvalue weighted by Crippen LogP contribution is 2.32. The first-order chi connectivity index (χ1) is 7.42. The minimum absolute atomic E-state index is 0.182. The Hall–Kier alpha value is -0.770. The van der Waals surface area contributed by atoms with Crippen LogP contribution in [-0.2, 0) is 0 Å². The number of nitrogens with one attached hydrogen (secondary N) is 1. The van der Waals surface area contributed by atoms with Crippen LogP contribution < -0.4 is 5.32 Å². The normalized spacial score (nSPS) is 11.6. The lowest BCUT2D eigenvalue weighted by atomic mass is 10.3. The number of thioether (sulfide) groups is 1. The number of aryl methyl sites for hydroxylation is 1. The molecule has 1 aromatic rings. The first-order valence-corrected chi connectivity index (χ1v) is 6.50. The molecule has 1 rings (SSSR count). The highest BCUT2D eigenvalue weighted by atomic mass is 32.2. The number of hydrogen-bond donors (Lipinski definition) is 1. The van der Waals surface area contributed by atoms with Crippen LogP contribution >= 0.6 is 11.8 Å². The van der Waals surface area contributed by atoms with Crippen LogP contribution in [0.1, 0.15) is 39.7 Å². The van der Waals surface area contributed by atoms with Gasteiger partial charge in [0.05, 0.1) is 0 Å². The van der Waals surface area contributed by atoms with Gasteiger partial charge in [0.25, 0.3) is 0 Å². The SMILES string of the molecule is CCCNc1ncc(C)c(SC(C)(C)C)n1. The smallest absolute Gasteiger partial charge is 0.223 e. The quantitative estimate of drug-likeness (QED) is 0.644. The summed E-state index contributed by atoms with van der Waals surface area (Å²) in [6.07, 6.45) is 2.97. The summed E-state index contributed by atoms with van der Waals surface area (Å²) >= 11 is 1.78. The minimum atomic E-state index is 0.182. The summed E-state index contributed by atoms with van der Waals surface area (Å²) in [5.74, 6) is 0.735. The molecule has 0 saturated carbocycles. The van der Waals surface area contributed by atoms with E-state index in [0.717, 1.165) is 29.5 Å². The zero-order valence-electron chi connectivity index (χ0n) is 10.8. The third kappa shape index (κ3) is 4.39. The maximum atomic E-state index is 4.54. The zero-order chi connectivity index (χ0) is 12.2. The molecule has 0 fully saturated rings. The second kappa shape index (κ2) is 5.53. The Bertz CT molecular complexity index is 345. The summed E-state index contributed by atoms with van der Waals surface area (Å²) in [4.78, 5) is 8.81. The van der Waals surface area contributed by atoms with Crippen molar-refractivity contribution in [1.82, 2.24) is 9.97 Å². The Labute approximate surface area is 102 Å². The van der Waals surface area contributed by atoms with Crippen LogP contribution in [0.25, 0.3) is 0 Å². The lowest BCUT2D eigenvalue weighted by Gasteiger charge is -2.18. The highest BCUT2D eigenvalue weighted by molar-refractivity contribution is 8.00. The van der Waals surface area contributed by atoms with Gasteiger partial charge in [-0.2, -0.15) is 0 Å². The van der Waals surface area contributed by atoms with E-state index in [2.05, 4.69) is 49.9 Å². The van der Waals surface area contributed by atoms with Gasteiger partial charge in [0, 0.05) is 17.5 Å². The molecular formula is C12H21N3S. The molecule has 0 aliphatic heterocycles. The predicted molar refractivity (Wildman–Crippen MR) is 71.2 cm³/mol. The van der Waals surface area contributed by atoms with E-state index >= 15 is 0 Å². The van der Waals surface area contributed by atoms with Gasteiger partial charge in [-0.05, 0) is 18.9 Å². The van der Waals surface area contributed by atoms with Gasteiger partial charge in [-0.25, -0.2) is 9.97 Å². The molecule has 0 saturated heterocycles. The van der Waals surface area contributed by atoms with Crippen LogP contribution in [0, 0.1) is 6.92 Å². The summed E-state index contributed by atoms with van der Waals surface area (Å²) in [5, 5.41) is 4.28. The minimum Gasteiger partial charge on any atom is -0.354 e. The molecule has 16 heavy (non-hydrogen) atoms. The fourth-order valence-electron chi connectivity index (χ4n) is 1.14. The summed E-state index contributed by atoms with van der Waals surface area (Å²) in [6, 6.07) is 0. The van der Waals surface area contributed by atoms with Gasteiger partial charge in [0.15, 0.2) is 0 Å². The van der Waals surface area contributed by atoms with Crippen molar-refractivity contribution < 1.29 is 0 Å². The average Bonchev–Trinajstić information content (AvgIpc) is 2.17. The molecule has 1 heterocycles. The van der Waals surface area contributed by atoms with Crippen molar-refractivity contribution in [2.24, 2.45) is 0 Å². The second-order valence-electron chi connectivity index (χ2n) is 4.82. The number of nitrogens with zero attached hydrogens (tertiary/aromatic N) is 2. The second-order valence-corrected chi connectivity index (χ2v) is 6.64.